The first kappa shape index (κ1) is 20.7. The summed E-state index contributed by atoms with van der Waals surface area (Å²) in [6.07, 6.45) is 0.905. The zero-order valence-electron chi connectivity index (χ0n) is 16.6. The molecule has 0 aliphatic carbocycles. The number of tetrazole rings is 1. The number of esters is 1. The molecule has 0 amide bonds. The Morgan fingerprint density at radius 2 is 1.86 bits per heavy atom. The van der Waals surface area contributed by atoms with Crippen LogP contribution >= 0.6 is 11.8 Å². The van der Waals surface area contributed by atoms with Gasteiger partial charge in [-0.3, -0.25) is 9.59 Å². The number of carbonyl (C=O) groups is 2. The first-order valence-corrected chi connectivity index (χ1v) is 10.2. The molecule has 0 spiro atoms. The SMILES string of the molecule is CCc1ccc(C(=O)COC(=O)CSc2nnnn2-c2cc(C)ccc2C)cc1. The number of ketones is 1. The van der Waals surface area contributed by atoms with Crippen LogP contribution < -0.4 is 0 Å². The highest BCUT2D eigenvalue weighted by Gasteiger charge is 2.15. The first-order chi connectivity index (χ1) is 14.0. The van der Waals surface area contributed by atoms with Crippen LogP contribution in [0.25, 0.3) is 5.69 Å². The van der Waals surface area contributed by atoms with E-state index >= 15 is 0 Å². The third-order valence-electron chi connectivity index (χ3n) is 4.40. The molecule has 8 heteroatoms. The molecule has 3 aromatic rings. The van der Waals surface area contributed by atoms with Crippen molar-refractivity contribution >= 4 is 23.5 Å². The maximum absolute atomic E-state index is 12.2. The van der Waals surface area contributed by atoms with E-state index in [0.29, 0.717) is 10.7 Å². The Balaban J connectivity index is 1.55. The number of benzene rings is 2. The van der Waals surface area contributed by atoms with Gasteiger partial charge in [-0.1, -0.05) is 55.1 Å². The lowest BCUT2D eigenvalue weighted by atomic mass is 10.1. The van der Waals surface area contributed by atoms with Gasteiger partial charge < -0.3 is 4.74 Å². The van der Waals surface area contributed by atoms with E-state index in [1.807, 2.05) is 51.1 Å². The minimum Gasteiger partial charge on any atom is -0.457 e. The van der Waals surface area contributed by atoms with Crippen molar-refractivity contribution in [2.24, 2.45) is 0 Å². The molecule has 0 aliphatic rings. The van der Waals surface area contributed by atoms with E-state index in [1.165, 1.54) is 0 Å². The fourth-order valence-electron chi connectivity index (χ4n) is 2.69. The summed E-state index contributed by atoms with van der Waals surface area (Å²) in [7, 11) is 0. The molecular weight excluding hydrogens is 388 g/mol. The molecule has 2 aromatic carbocycles. The zero-order chi connectivity index (χ0) is 20.8. The van der Waals surface area contributed by atoms with Crippen LogP contribution in [0.5, 0.6) is 0 Å². The molecule has 150 valence electrons. The van der Waals surface area contributed by atoms with Gasteiger partial charge in [-0.2, -0.15) is 4.68 Å². The Morgan fingerprint density at radius 3 is 2.59 bits per heavy atom. The number of hydrogen-bond acceptors (Lipinski definition) is 7. The summed E-state index contributed by atoms with van der Waals surface area (Å²) in [4.78, 5) is 24.2. The highest BCUT2D eigenvalue weighted by Crippen LogP contribution is 2.21. The van der Waals surface area contributed by atoms with E-state index in [0.717, 1.165) is 40.6 Å². The molecule has 0 aliphatic heterocycles. The van der Waals surface area contributed by atoms with Gasteiger partial charge in [0.15, 0.2) is 12.4 Å². The highest BCUT2D eigenvalue weighted by atomic mass is 32.2. The van der Waals surface area contributed by atoms with Crippen molar-refractivity contribution in [3.05, 3.63) is 64.7 Å². The van der Waals surface area contributed by atoms with Crippen molar-refractivity contribution in [1.29, 1.82) is 0 Å². The van der Waals surface area contributed by atoms with Gasteiger partial charge in [0, 0.05) is 5.56 Å². The average Bonchev–Trinajstić information content (AvgIpc) is 3.20. The van der Waals surface area contributed by atoms with Crippen molar-refractivity contribution in [2.45, 2.75) is 32.3 Å². The third-order valence-corrected chi connectivity index (χ3v) is 5.29. The van der Waals surface area contributed by atoms with Crippen LogP contribution in [-0.2, 0) is 16.0 Å². The zero-order valence-corrected chi connectivity index (χ0v) is 17.4. The molecule has 3 rings (SSSR count). The lowest BCUT2D eigenvalue weighted by Gasteiger charge is -2.08. The predicted molar refractivity (Wildman–Crippen MR) is 110 cm³/mol. The fourth-order valence-corrected chi connectivity index (χ4v) is 3.37. The van der Waals surface area contributed by atoms with E-state index in [1.54, 1.807) is 16.8 Å². The molecule has 0 N–H and O–H groups in total. The van der Waals surface area contributed by atoms with E-state index in [9.17, 15) is 9.59 Å². The van der Waals surface area contributed by atoms with Crippen molar-refractivity contribution in [1.82, 2.24) is 20.2 Å². The Hall–Kier alpha value is -3.00. The van der Waals surface area contributed by atoms with E-state index < -0.39 is 5.97 Å². The molecule has 0 bridgehead atoms. The molecule has 7 nitrogen and oxygen atoms in total. The lowest BCUT2D eigenvalue weighted by Crippen LogP contribution is -2.16. The first-order valence-electron chi connectivity index (χ1n) is 9.24. The molecular formula is C21H22N4O3S. The monoisotopic (exact) mass is 410 g/mol. The normalized spacial score (nSPS) is 10.7. The molecule has 1 heterocycles. The van der Waals surface area contributed by atoms with Crippen LogP contribution in [-0.4, -0.2) is 44.3 Å². The number of Topliss-reactive ketones (excluding diaryl/α,β-unsaturated/α-hetero) is 1. The molecule has 1 aromatic heterocycles. The summed E-state index contributed by atoms with van der Waals surface area (Å²) in [5.74, 6) is -0.719. The van der Waals surface area contributed by atoms with Gasteiger partial charge in [0.25, 0.3) is 0 Å². The number of ether oxygens (including phenoxy) is 1. The van der Waals surface area contributed by atoms with Crippen molar-refractivity contribution in [3.8, 4) is 5.69 Å². The van der Waals surface area contributed by atoms with Crippen LogP contribution in [0, 0.1) is 13.8 Å². The second-order valence-corrected chi connectivity index (χ2v) is 7.53. The number of rotatable bonds is 8. The summed E-state index contributed by atoms with van der Waals surface area (Å²) in [6, 6.07) is 13.3. The Morgan fingerprint density at radius 1 is 1.10 bits per heavy atom. The maximum atomic E-state index is 12.2. The molecule has 0 radical (unpaired) electrons. The van der Waals surface area contributed by atoms with E-state index in [-0.39, 0.29) is 18.1 Å². The topological polar surface area (TPSA) is 87.0 Å². The van der Waals surface area contributed by atoms with Gasteiger partial charge in [0.05, 0.1) is 11.4 Å². The standard InChI is InChI=1S/C21H22N4O3S/c1-4-16-7-9-17(10-8-16)19(26)12-28-20(27)13-29-21-22-23-24-25(21)18-11-14(2)5-6-15(18)3/h5-11H,4,12-13H2,1-3H3. The number of carbonyl (C=O) groups excluding carboxylic acids is 2. The van der Waals surface area contributed by atoms with Gasteiger partial charge >= 0.3 is 5.97 Å². The van der Waals surface area contributed by atoms with Crippen molar-refractivity contribution < 1.29 is 14.3 Å². The molecule has 0 unspecified atom stereocenters. The maximum Gasteiger partial charge on any atom is 0.316 e. The number of hydrogen-bond donors (Lipinski definition) is 0. The minimum absolute atomic E-state index is 0.00723. The quantitative estimate of drug-likeness (QED) is 0.320. The Kier molecular flexibility index (Phi) is 6.77. The van der Waals surface area contributed by atoms with Gasteiger partial charge in [-0.15, -0.1) is 5.10 Å². The van der Waals surface area contributed by atoms with Gasteiger partial charge in [0.1, 0.15) is 0 Å². The third kappa shape index (κ3) is 5.29. The largest absolute Gasteiger partial charge is 0.457 e. The van der Waals surface area contributed by atoms with Crippen LogP contribution in [0.1, 0.15) is 34.0 Å². The summed E-state index contributed by atoms with van der Waals surface area (Å²) >= 11 is 1.16. The van der Waals surface area contributed by atoms with Crippen molar-refractivity contribution in [2.75, 3.05) is 12.4 Å². The Bertz CT molecular complexity index is 1020. The van der Waals surface area contributed by atoms with Crippen LogP contribution in [0.4, 0.5) is 0 Å². The summed E-state index contributed by atoms with van der Waals surface area (Å²) < 4.78 is 6.71. The fraction of sp³-hybridized carbons (Fsp3) is 0.286. The number of aryl methyl sites for hydroxylation is 3. The van der Waals surface area contributed by atoms with Gasteiger partial charge in [-0.25, -0.2) is 0 Å². The predicted octanol–water partition coefficient (Wildman–Crippen LogP) is 3.36. The molecule has 29 heavy (non-hydrogen) atoms. The average molecular weight is 410 g/mol. The van der Waals surface area contributed by atoms with E-state index in [2.05, 4.69) is 15.5 Å². The Labute approximate surface area is 173 Å². The number of aromatic nitrogens is 4. The van der Waals surface area contributed by atoms with Crippen molar-refractivity contribution in [3.63, 3.8) is 0 Å². The lowest BCUT2D eigenvalue weighted by molar-refractivity contribution is -0.139. The van der Waals surface area contributed by atoms with Crippen LogP contribution in [0.3, 0.4) is 0 Å². The van der Waals surface area contributed by atoms with Crippen LogP contribution in [0.15, 0.2) is 47.6 Å². The van der Waals surface area contributed by atoms with Crippen LogP contribution in [0.2, 0.25) is 0 Å². The number of thioether (sulfide) groups is 1. The summed E-state index contributed by atoms with van der Waals surface area (Å²) in [5, 5.41) is 12.2. The molecule has 0 saturated heterocycles. The summed E-state index contributed by atoms with van der Waals surface area (Å²) in [6.45, 7) is 5.72. The molecule has 0 atom stereocenters. The number of nitrogens with zero attached hydrogens (tertiary/aromatic N) is 4. The highest BCUT2D eigenvalue weighted by molar-refractivity contribution is 7.99. The van der Waals surface area contributed by atoms with Gasteiger partial charge in [0.2, 0.25) is 5.16 Å². The summed E-state index contributed by atoms with van der Waals surface area (Å²) in [5.41, 5.74) is 4.64. The molecule has 0 fully saturated rings. The smallest absolute Gasteiger partial charge is 0.316 e. The second kappa shape index (κ2) is 9.47. The second-order valence-electron chi connectivity index (χ2n) is 6.59. The minimum atomic E-state index is -0.496. The van der Waals surface area contributed by atoms with E-state index in [4.69, 9.17) is 4.74 Å². The molecule has 0 saturated carbocycles. The van der Waals surface area contributed by atoms with Gasteiger partial charge in [-0.05, 0) is 53.5 Å².